The molecule has 1 fully saturated rings. The summed E-state index contributed by atoms with van der Waals surface area (Å²) in [4.78, 5) is 17.1. The van der Waals surface area contributed by atoms with E-state index in [1.807, 2.05) is 54.6 Å². The number of amides is 1. The van der Waals surface area contributed by atoms with Gasteiger partial charge >= 0.3 is 6.09 Å². The van der Waals surface area contributed by atoms with Crippen LogP contribution in [0.4, 0.5) is 10.5 Å². The van der Waals surface area contributed by atoms with E-state index in [1.54, 1.807) is 6.20 Å². The predicted molar refractivity (Wildman–Crippen MR) is 104 cm³/mol. The lowest BCUT2D eigenvalue weighted by Crippen LogP contribution is -2.30. The summed E-state index contributed by atoms with van der Waals surface area (Å²) < 4.78 is 6.00. The van der Waals surface area contributed by atoms with Crippen LogP contribution < -0.4 is 10.1 Å². The molecular weight excluding hydrogens is 342 g/mol. The van der Waals surface area contributed by atoms with E-state index in [-0.39, 0.29) is 6.04 Å². The Kier molecular flexibility index (Phi) is 4.78. The van der Waals surface area contributed by atoms with Crippen molar-refractivity contribution in [2.24, 2.45) is 0 Å². The zero-order valence-corrected chi connectivity index (χ0v) is 14.8. The SMILES string of the molecule is O=C(O)N1CCC(Nc2ccc(OCc3ccccc3)c3ncccc23)C1. The molecule has 6 heteroatoms. The van der Waals surface area contributed by atoms with Crippen molar-refractivity contribution in [3.05, 3.63) is 66.4 Å². The number of nitrogens with zero attached hydrogens (tertiary/aromatic N) is 2. The minimum absolute atomic E-state index is 0.0978. The first kappa shape index (κ1) is 17.1. The second-order valence-corrected chi connectivity index (χ2v) is 6.64. The zero-order valence-electron chi connectivity index (χ0n) is 14.8. The van der Waals surface area contributed by atoms with Crippen LogP contribution in [-0.4, -0.2) is 40.2 Å². The molecule has 1 aromatic heterocycles. The van der Waals surface area contributed by atoms with E-state index < -0.39 is 6.09 Å². The van der Waals surface area contributed by atoms with Crippen LogP contribution in [0.1, 0.15) is 12.0 Å². The van der Waals surface area contributed by atoms with Gasteiger partial charge in [-0.3, -0.25) is 4.98 Å². The topological polar surface area (TPSA) is 74.7 Å². The Morgan fingerprint density at radius 3 is 2.81 bits per heavy atom. The summed E-state index contributed by atoms with van der Waals surface area (Å²) >= 11 is 0. The standard InChI is InChI=1S/C21H21N3O3/c25-21(26)24-12-10-16(13-24)23-18-8-9-19(20-17(18)7-4-11-22-20)27-14-15-5-2-1-3-6-15/h1-9,11,16,23H,10,12-14H2,(H,25,26). The highest BCUT2D eigenvalue weighted by Crippen LogP contribution is 2.31. The van der Waals surface area contributed by atoms with Gasteiger partial charge in [0.05, 0.1) is 0 Å². The molecule has 6 nitrogen and oxygen atoms in total. The van der Waals surface area contributed by atoms with Crippen molar-refractivity contribution in [3.63, 3.8) is 0 Å². The molecule has 2 N–H and O–H groups in total. The molecule has 4 rings (SSSR count). The Bertz CT molecular complexity index is 946. The molecule has 0 radical (unpaired) electrons. The number of nitrogens with one attached hydrogen (secondary N) is 1. The van der Waals surface area contributed by atoms with Gasteiger partial charge in [-0.25, -0.2) is 4.79 Å². The van der Waals surface area contributed by atoms with E-state index in [0.29, 0.717) is 19.7 Å². The van der Waals surface area contributed by atoms with Gasteiger partial charge in [0.15, 0.2) is 0 Å². The van der Waals surface area contributed by atoms with Crippen LogP contribution >= 0.6 is 0 Å². The van der Waals surface area contributed by atoms with Gasteiger partial charge in [0.2, 0.25) is 0 Å². The molecule has 0 spiro atoms. The van der Waals surface area contributed by atoms with Crippen molar-refractivity contribution in [2.45, 2.75) is 19.1 Å². The number of hydrogen-bond donors (Lipinski definition) is 2. The third kappa shape index (κ3) is 3.79. The van der Waals surface area contributed by atoms with Crippen LogP contribution in [0.5, 0.6) is 5.75 Å². The van der Waals surface area contributed by atoms with Crippen molar-refractivity contribution < 1.29 is 14.6 Å². The molecule has 0 aliphatic carbocycles. The molecule has 27 heavy (non-hydrogen) atoms. The van der Waals surface area contributed by atoms with Gasteiger partial charge in [0.25, 0.3) is 0 Å². The molecule has 0 bridgehead atoms. The lowest BCUT2D eigenvalue weighted by atomic mass is 10.1. The largest absolute Gasteiger partial charge is 0.487 e. The van der Waals surface area contributed by atoms with Gasteiger partial charge in [-0.2, -0.15) is 0 Å². The molecule has 1 aliphatic heterocycles. The van der Waals surface area contributed by atoms with Crippen LogP contribution in [0.2, 0.25) is 0 Å². The number of ether oxygens (including phenoxy) is 1. The van der Waals surface area contributed by atoms with Crippen LogP contribution in [0.25, 0.3) is 10.9 Å². The highest BCUT2D eigenvalue weighted by molar-refractivity contribution is 5.95. The van der Waals surface area contributed by atoms with Gasteiger partial charge < -0.3 is 20.1 Å². The number of carbonyl (C=O) groups is 1. The molecule has 1 atom stereocenters. The molecule has 1 amide bonds. The molecule has 3 aromatic rings. The lowest BCUT2D eigenvalue weighted by molar-refractivity contribution is 0.155. The van der Waals surface area contributed by atoms with Crippen molar-refractivity contribution >= 4 is 22.7 Å². The first-order valence-electron chi connectivity index (χ1n) is 8.99. The predicted octanol–water partition coefficient (Wildman–Crippen LogP) is 3.98. The Morgan fingerprint density at radius 2 is 2.04 bits per heavy atom. The quantitative estimate of drug-likeness (QED) is 0.717. The van der Waals surface area contributed by atoms with E-state index in [9.17, 15) is 4.79 Å². The highest BCUT2D eigenvalue weighted by Gasteiger charge is 2.26. The third-order valence-corrected chi connectivity index (χ3v) is 4.79. The molecule has 1 unspecified atom stereocenters. The van der Waals surface area contributed by atoms with Crippen molar-refractivity contribution in [1.82, 2.24) is 9.88 Å². The van der Waals surface area contributed by atoms with E-state index in [4.69, 9.17) is 9.84 Å². The summed E-state index contributed by atoms with van der Waals surface area (Å²) in [6.07, 6.45) is 1.68. The Labute approximate surface area is 157 Å². The average molecular weight is 363 g/mol. The number of aromatic nitrogens is 1. The second kappa shape index (κ2) is 7.53. The monoisotopic (exact) mass is 363 g/mol. The number of carboxylic acid groups (broad SMARTS) is 1. The number of benzene rings is 2. The number of hydrogen-bond acceptors (Lipinski definition) is 4. The molecule has 138 valence electrons. The normalized spacial score (nSPS) is 16.4. The fourth-order valence-electron chi connectivity index (χ4n) is 3.40. The first-order valence-corrected chi connectivity index (χ1v) is 8.99. The Balaban J connectivity index is 1.54. The number of anilines is 1. The average Bonchev–Trinajstić information content (AvgIpc) is 3.17. The summed E-state index contributed by atoms with van der Waals surface area (Å²) in [6.45, 7) is 1.53. The van der Waals surface area contributed by atoms with Crippen LogP contribution in [0.3, 0.4) is 0 Å². The second-order valence-electron chi connectivity index (χ2n) is 6.64. The van der Waals surface area contributed by atoms with E-state index >= 15 is 0 Å². The maximum absolute atomic E-state index is 11.1. The molecular formula is C21H21N3O3. The van der Waals surface area contributed by atoms with E-state index in [2.05, 4.69) is 10.3 Å². The van der Waals surface area contributed by atoms with Gasteiger partial charge in [0.1, 0.15) is 17.9 Å². The maximum atomic E-state index is 11.1. The summed E-state index contributed by atoms with van der Waals surface area (Å²) in [5, 5.41) is 13.6. The van der Waals surface area contributed by atoms with Crippen molar-refractivity contribution in [1.29, 1.82) is 0 Å². The zero-order chi connectivity index (χ0) is 18.6. The number of pyridine rings is 1. The van der Waals surface area contributed by atoms with Gasteiger partial charge in [-0.05, 0) is 36.2 Å². The molecule has 1 aliphatic rings. The van der Waals surface area contributed by atoms with Crippen LogP contribution in [-0.2, 0) is 6.61 Å². The lowest BCUT2D eigenvalue weighted by Gasteiger charge is -2.17. The first-order chi connectivity index (χ1) is 13.2. The molecule has 0 saturated carbocycles. The number of likely N-dealkylation sites (tertiary alicyclic amines) is 1. The van der Waals surface area contributed by atoms with Crippen LogP contribution in [0, 0.1) is 0 Å². The highest BCUT2D eigenvalue weighted by atomic mass is 16.5. The van der Waals surface area contributed by atoms with Gasteiger partial charge in [0, 0.05) is 36.4 Å². The maximum Gasteiger partial charge on any atom is 0.407 e. The fraction of sp³-hybridized carbons (Fsp3) is 0.238. The summed E-state index contributed by atoms with van der Waals surface area (Å²) in [5.74, 6) is 0.735. The van der Waals surface area contributed by atoms with Crippen LogP contribution in [0.15, 0.2) is 60.8 Å². The number of fused-ring (bicyclic) bond motifs is 1. The van der Waals surface area contributed by atoms with Crippen molar-refractivity contribution in [2.75, 3.05) is 18.4 Å². The number of rotatable bonds is 5. The fourth-order valence-corrected chi connectivity index (χ4v) is 3.40. The van der Waals surface area contributed by atoms with E-state index in [1.165, 1.54) is 4.90 Å². The smallest absolute Gasteiger partial charge is 0.407 e. The summed E-state index contributed by atoms with van der Waals surface area (Å²) in [5.41, 5.74) is 2.84. The molecule has 1 saturated heterocycles. The third-order valence-electron chi connectivity index (χ3n) is 4.79. The molecule has 2 heterocycles. The van der Waals surface area contributed by atoms with Gasteiger partial charge in [-0.15, -0.1) is 0 Å². The minimum Gasteiger partial charge on any atom is -0.487 e. The van der Waals surface area contributed by atoms with Crippen molar-refractivity contribution in [3.8, 4) is 5.75 Å². The summed E-state index contributed by atoms with van der Waals surface area (Å²) in [6, 6.07) is 17.9. The minimum atomic E-state index is -0.865. The Morgan fingerprint density at radius 1 is 1.19 bits per heavy atom. The molecule has 2 aromatic carbocycles. The summed E-state index contributed by atoms with van der Waals surface area (Å²) in [7, 11) is 0. The van der Waals surface area contributed by atoms with E-state index in [0.717, 1.165) is 34.3 Å². The Hall–Kier alpha value is -3.28. The van der Waals surface area contributed by atoms with Gasteiger partial charge in [-0.1, -0.05) is 30.3 Å².